The van der Waals surface area contributed by atoms with Gasteiger partial charge in [-0.25, -0.2) is 13.4 Å². The molecule has 6 rings (SSSR count). The number of hydrogen-bond acceptors (Lipinski definition) is 9. The van der Waals surface area contributed by atoms with E-state index in [9.17, 15) is 22.8 Å². The molecule has 0 radical (unpaired) electrons. The lowest BCUT2D eigenvalue weighted by Crippen LogP contribution is -2.63. The fourth-order valence-corrected chi connectivity index (χ4v) is 8.80. The number of nitrogens with zero attached hydrogens (tertiary/aromatic N) is 6. The molecule has 44 heavy (non-hydrogen) atoms. The topological polar surface area (TPSA) is 135 Å². The van der Waals surface area contributed by atoms with Crippen molar-refractivity contribution in [1.29, 1.82) is 0 Å². The molecule has 3 aromatic rings. The second kappa shape index (κ2) is 12.3. The molecule has 2 amide bonds. The van der Waals surface area contributed by atoms with Gasteiger partial charge in [-0.05, 0) is 42.1 Å². The number of carboxylic acid groups (broad SMARTS) is 1. The van der Waals surface area contributed by atoms with Gasteiger partial charge in [-0.3, -0.25) is 19.3 Å². The van der Waals surface area contributed by atoms with Crippen LogP contribution in [-0.2, 0) is 32.6 Å². The molecule has 12 nitrogen and oxygen atoms in total. The minimum Gasteiger partial charge on any atom is -0.480 e. The first-order valence-electron chi connectivity index (χ1n) is 14.4. The van der Waals surface area contributed by atoms with Crippen LogP contribution in [0.5, 0.6) is 0 Å². The Kier molecular flexibility index (Phi) is 8.65. The third kappa shape index (κ3) is 6.19. The first-order valence-corrected chi connectivity index (χ1v) is 17.0. The number of carbonyl (C=O) groups is 3. The van der Waals surface area contributed by atoms with Gasteiger partial charge in [-0.2, -0.15) is 4.31 Å². The highest BCUT2D eigenvalue weighted by molar-refractivity contribution is 7.89. The van der Waals surface area contributed by atoms with Gasteiger partial charge in [0.2, 0.25) is 15.9 Å². The number of piperazine rings is 2. The summed E-state index contributed by atoms with van der Waals surface area (Å²) in [5.74, 6) is -1.68. The molecule has 234 valence electrons. The SMILES string of the molecule is CN1CCc2nc(C(=O)N3CCN(S(=O)(=O)c4ccc5cc(Cl)ccc5c4)CC3C(=O)N3CCN(CC(=O)O)CC3)sc2C1. The predicted octanol–water partition coefficient (Wildman–Crippen LogP) is 1.68. The number of benzene rings is 2. The molecule has 1 N–H and O–H groups in total. The van der Waals surface area contributed by atoms with E-state index in [-0.39, 0.29) is 56.0 Å². The highest BCUT2D eigenvalue weighted by Gasteiger charge is 2.43. The summed E-state index contributed by atoms with van der Waals surface area (Å²) in [7, 11) is -1.99. The zero-order chi connectivity index (χ0) is 31.2. The van der Waals surface area contributed by atoms with Crippen LogP contribution in [0.25, 0.3) is 10.8 Å². The van der Waals surface area contributed by atoms with E-state index >= 15 is 0 Å². The molecule has 1 atom stereocenters. The summed E-state index contributed by atoms with van der Waals surface area (Å²) in [5.41, 5.74) is 0.896. The molecule has 1 aromatic heterocycles. The minimum absolute atomic E-state index is 0.0245. The minimum atomic E-state index is -4.01. The monoisotopic (exact) mass is 660 g/mol. The zero-order valence-corrected chi connectivity index (χ0v) is 26.6. The average molecular weight is 661 g/mol. The molecule has 3 aliphatic heterocycles. The number of thiazole rings is 1. The number of likely N-dealkylation sites (N-methyl/N-ethyl adjacent to an activating group) is 1. The molecule has 0 aliphatic carbocycles. The molecular weight excluding hydrogens is 628 g/mol. The van der Waals surface area contributed by atoms with Crippen molar-refractivity contribution in [2.24, 2.45) is 0 Å². The van der Waals surface area contributed by atoms with Gasteiger partial charge in [-0.15, -0.1) is 11.3 Å². The predicted molar refractivity (Wildman–Crippen MR) is 165 cm³/mol. The van der Waals surface area contributed by atoms with E-state index in [1.165, 1.54) is 26.6 Å². The Morgan fingerprint density at radius 2 is 1.73 bits per heavy atom. The lowest BCUT2D eigenvalue weighted by molar-refractivity contribution is -0.141. The van der Waals surface area contributed by atoms with Crippen molar-refractivity contribution in [3.63, 3.8) is 0 Å². The van der Waals surface area contributed by atoms with E-state index in [2.05, 4.69) is 9.88 Å². The number of hydrogen-bond donors (Lipinski definition) is 1. The van der Waals surface area contributed by atoms with E-state index in [1.807, 2.05) is 7.05 Å². The third-order valence-electron chi connectivity index (χ3n) is 8.45. The Labute approximate surface area is 264 Å². The maximum atomic E-state index is 14.0. The first-order chi connectivity index (χ1) is 21.0. The Morgan fingerprint density at radius 3 is 2.48 bits per heavy atom. The summed E-state index contributed by atoms with van der Waals surface area (Å²) in [6.45, 7) is 2.58. The lowest BCUT2D eigenvalue weighted by Gasteiger charge is -2.43. The number of rotatable bonds is 6. The van der Waals surface area contributed by atoms with Gasteiger partial charge >= 0.3 is 5.97 Å². The van der Waals surface area contributed by atoms with Crippen LogP contribution >= 0.6 is 22.9 Å². The Bertz CT molecular complexity index is 1720. The van der Waals surface area contributed by atoms with Crippen LogP contribution in [0.2, 0.25) is 5.02 Å². The summed E-state index contributed by atoms with van der Waals surface area (Å²) in [5, 5.41) is 11.5. The maximum Gasteiger partial charge on any atom is 0.317 e. The van der Waals surface area contributed by atoms with E-state index in [0.29, 0.717) is 29.7 Å². The summed E-state index contributed by atoms with van der Waals surface area (Å²) < 4.78 is 29.1. The first kappa shape index (κ1) is 30.9. The molecule has 1 unspecified atom stereocenters. The molecule has 15 heteroatoms. The molecule has 3 aliphatic rings. The van der Waals surface area contributed by atoms with Crippen molar-refractivity contribution in [1.82, 2.24) is 28.9 Å². The van der Waals surface area contributed by atoms with Gasteiger partial charge in [-0.1, -0.05) is 23.7 Å². The molecule has 0 saturated carbocycles. The molecule has 0 bridgehead atoms. The van der Waals surface area contributed by atoms with Gasteiger partial charge in [0.25, 0.3) is 5.91 Å². The van der Waals surface area contributed by atoms with Gasteiger partial charge in [0, 0.05) is 75.2 Å². The van der Waals surface area contributed by atoms with Crippen molar-refractivity contribution in [2.75, 3.05) is 66.0 Å². The Morgan fingerprint density at radius 1 is 1.00 bits per heavy atom. The second-order valence-corrected chi connectivity index (χ2v) is 14.9. The largest absolute Gasteiger partial charge is 0.480 e. The Balaban J connectivity index is 1.27. The van der Waals surface area contributed by atoms with Crippen molar-refractivity contribution in [3.8, 4) is 0 Å². The lowest BCUT2D eigenvalue weighted by atomic mass is 10.1. The van der Waals surface area contributed by atoms with Crippen LogP contribution in [0.15, 0.2) is 41.3 Å². The van der Waals surface area contributed by atoms with Crippen LogP contribution in [0, 0.1) is 0 Å². The standard InChI is InChI=1S/C29H33ClN6O6S2/c1-32-7-6-23-25(17-32)43-27(31-23)29(40)36-13-12-35(16-24(36)28(39)34-10-8-33(9-11-34)18-26(37)38)44(41,42)22-5-3-19-14-21(30)4-2-20(19)15-22/h2-5,14-15,24H,6-13,16-18H2,1H3,(H,37,38). The van der Waals surface area contributed by atoms with Crippen LogP contribution in [-0.4, -0.2) is 132 Å². The van der Waals surface area contributed by atoms with E-state index in [1.54, 1.807) is 40.1 Å². The molecule has 2 aromatic carbocycles. The fraction of sp³-hybridized carbons (Fsp3) is 0.448. The van der Waals surface area contributed by atoms with Crippen molar-refractivity contribution < 1.29 is 27.9 Å². The van der Waals surface area contributed by atoms with Crippen molar-refractivity contribution in [3.05, 3.63) is 57.0 Å². The number of aliphatic carboxylic acids is 1. The summed E-state index contributed by atoms with van der Waals surface area (Å²) in [4.78, 5) is 51.8. The van der Waals surface area contributed by atoms with Gasteiger partial charge in [0.05, 0.1) is 17.1 Å². The summed E-state index contributed by atoms with van der Waals surface area (Å²) in [6.07, 6.45) is 0.739. The quantitative estimate of drug-likeness (QED) is 0.419. The number of fused-ring (bicyclic) bond motifs is 2. The van der Waals surface area contributed by atoms with Gasteiger partial charge in [0.1, 0.15) is 6.04 Å². The molecule has 2 fully saturated rings. The molecule has 2 saturated heterocycles. The number of aromatic nitrogens is 1. The number of halogens is 1. The third-order valence-corrected chi connectivity index (χ3v) is 11.6. The fourth-order valence-electron chi connectivity index (χ4n) is 6.00. The number of sulfonamides is 1. The second-order valence-electron chi connectivity index (χ2n) is 11.4. The molecular formula is C29H33ClN6O6S2. The van der Waals surface area contributed by atoms with E-state index < -0.39 is 22.0 Å². The highest BCUT2D eigenvalue weighted by atomic mass is 35.5. The van der Waals surface area contributed by atoms with Crippen molar-refractivity contribution in [2.45, 2.75) is 23.9 Å². The number of amides is 2. The number of carboxylic acids is 1. The Hall–Kier alpha value is -3.14. The normalized spacial score (nSPS) is 20.5. The van der Waals surface area contributed by atoms with E-state index in [0.717, 1.165) is 34.3 Å². The van der Waals surface area contributed by atoms with Crippen LogP contribution in [0.4, 0.5) is 0 Å². The van der Waals surface area contributed by atoms with Crippen LogP contribution in [0.1, 0.15) is 20.4 Å². The molecule has 4 heterocycles. The van der Waals surface area contributed by atoms with Gasteiger partial charge in [0.15, 0.2) is 5.01 Å². The zero-order valence-electron chi connectivity index (χ0n) is 24.2. The smallest absolute Gasteiger partial charge is 0.317 e. The number of carbonyl (C=O) groups excluding carboxylic acids is 2. The van der Waals surface area contributed by atoms with E-state index in [4.69, 9.17) is 16.7 Å². The maximum absolute atomic E-state index is 14.0. The molecule has 0 spiro atoms. The summed E-state index contributed by atoms with van der Waals surface area (Å²) in [6, 6.07) is 8.99. The van der Waals surface area contributed by atoms with Crippen molar-refractivity contribution >= 4 is 61.5 Å². The summed E-state index contributed by atoms with van der Waals surface area (Å²) >= 11 is 7.43. The average Bonchev–Trinajstić information content (AvgIpc) is 3.43. The van der Waals surface area contributed by atoms with Crippen LogP contribution in [0.3, 0.4) is 0 Å². The highest BCUT2D eigenvalue weighted by Crippen LogP contribution is 2.29. The van der Waals surface area contributed by atoms with Crippen LogP contribution < -0.4 is 0 Å². The van der Waals surface area contributed by atoms with Gasteiger partial charge < -0.3 is 19.8 Å².